The van der Waals surface area contributed by atoms with Crippen LogP contribution in [-0.2, 0) is 11.3 Å². The molecule has 1 atom stereocenters. The van der Waals surface area contributed by atoms with Gasteiger partial charge in [0.25, 0.3) is 0 Å². The normalized spacial score (nSPS) is 12.0. The number of rotatable bonds is 5. The van der Waals surface area contributed by atoms with E-state index < -0.39 is 0 Å². The quantitative estimate of drug-likeness (QED) is 0.825. The zero-order chi connectivity index (χ0) is 15.2. The lowest BCUT2D eigenvalue weighted by molar-refractivity contribution is -0.120. The summed E-state index contributed by atoms with van der Waals surface area (Å²) in [6.45, 7) is 4.52. The van der Waals surface area contributed by atoms with Crippen molar-refractivity contribution in [2.24, 2.45) is 0 Å². The van der Waals surface area contributed by atoms with Crippen LogP contribution in [0.1, 0.15) is 18.1 Å². The highest BCUT2D eigenvalue weighted by atomic mass is 35.5. The molecule has 1 amide bonds. The van der Waals surface area contributed by atoms with Gasteiger partial charge in [-0.15, -0.1) is 11.8 Å². The topological polar surface area (TPSA) is 29.1 Å². The van der Waals surface area contributed by atoms with Gasteiger partial charge in [-0.3, -0.25) is 4.79 Å². The van der Waals surface area contributed by atoms with E-state index in [9.17, 15) is 4.79 Å². The maximum absolute atomic E-state index is 12.1. The molecule has 0 fully saturated rings. The molecule has 0 saturated heterocycles. The molecular formula is C17H18ClNOS. The number of hydrogen-bond donors (Lipinski definition) is 1. The standard InChI is InChI=1S/C17H18ClNOS/c1-12-5-3-4-6-14(12)11-19-17(20)13(2)21-16-9-7-15(18)8-10-16/h3-10,13H,11H2,1-2H3,(H,19,20)/t13-/m1/s1. The van der Waals surface area contributed by atoms with Gasteiger partial charge in [0, 0.05) is 16.5 Å². The fourth-order valence-corrected chi connectivity index (χ4v) is 2.92. The fraction of sp³-hybridized carbons (Fsp3) is 0.235. The molecule has 0 aromatic heterocycles. The van der Waals surface area contributed by atoms with Gasteiger partial charge in [0.05, 0.1) is 5.25 Å². The van der Waals surface area contributed by atoms with Gasteiger partial charge in [0.15, 0.2) is 0 Å². The second kappa shape index (κ2) is 7.53. The molecule has 0 heterocycles. The van der Waals surface area contributed by atoms with Gasteiger partial charge in [-0.2, -0.15) is 0 Å². The molecule has 0 aliphatic carbocycles. The molecule has 4 heteroatoms. The first-order valence-electron chi connectivity index (χ1n) is 6.80. The zero-order valence-corrected chi connectivity index (χ0v) is 13.7. The van der Waals surface area contributed by atoms with Crippen molar-refractivity contribution >= 4 is 29.3 Å². The largest absolute Gasteiger partial charge is 0.351 e. The Labute approximate surface area is 134 Å². The molecule has 2 rings (SSSR count). The Hall–Kier alpha value is -1.45. The molecule has 0 bridgehead atoms. The third kappa shape index (κ3) is 4.80. The second-order valence-electron chi connectivity index (χ2n) is 4.86. The summed E-state index contributed by atoms with van der Waals surface area (Å²) in [5.41, 5.74) is 2.34. The van der Waals surface area contributed by atoms with Gasteiger partial charge in [-0.05, 0) is 49.2 Å². The minimum absolute atomic E-state index is 0.0400. The van der Waals surface area contributed by atoms with Gasteiger partial charge >= 0.3 is 0 Å². The van der Waals surface area contributed by atoms with Crippen LogP contribution in [0.15, 0.2) is 53.4 Å². The summed E-state index contributed by atoms with van der Waals surface area (Å²) >= 11 is 7.38. The van der Waals surface area contributed by atoms with Crippen LogP contribution in [0.5, 0.6) is 0 Å². The van der Waals surface area contributed by atoms with Gasteiger partial charge in [-0.1, -0.05) is 35.9 Å². The Morgan fingerprint density at radius 1 is 1.19 bits per heavy atom. The highest BCUT2D eigenvalue weighted by molar-refractivity contribution is 8.00. The van der Waals surface area contributed by atoms with Crippen molar-refractivity contribution in [3.63, 3.8) is 0 Å². The summed E-state index contributed by atoms with van der Waals surface area (Å²) in [6.07, 6.45) is 0. The Balaban J connectivity index is 1.88. The first-order valence-corrected chi connectivity index (χ1v) is 8.06. The van der Waals surface area contributed by atoms with Gasteiger partial charge < -0.3 is 5.32 Å². The number of halogens is 1. The highest BCUT2D eigenvalue weighted by Crippen LogP contribution is 2.24. The van der Waals surface area contributed by atoms with E-state index in [2.05, 4.69) is 5.32 Å². The summed E-state index contributed by atoms with van der Waals surface area (Å²) in [5, 5.41) is 3.55. The maximum Gasteiger partial charge on any atom is 0.233 e. The molecule has 2 nitrogen and oxygen atoms in total. The van der Waals surface area contributed by atoms with Crippen molar-refractivity contribution in [1.29, 1.82) is 0 Å². The molecule has 0 saturated carbocycles. The molecule has 0 spiro atoms. The number of benzene rings is 2. The Morgan fingerprint density at radius 2 is 1.86 bits per heavy atom. The van der Waals surface area contributed by atoms with Crippen molar-refractivity contribution in [3.8, 4) is 0 Å². The summed E-state index contributed by atoms with van der Waals surface area (Å²) in [7, 11) is 0. The van der Waals surface area contributed by atoms with Crippen molar-refractivity contribution in [1.82, 2.24) is 5.32 Å². The first-order chi connectivity index (χ1) is 10.1. The van der Waals surface area contributed by atoms with Crippen LogP contribution >= 0.6 is 23.4 Å². The molecule has 0 aliphatic heterocycles. The van der Waals surface area contributed by atoms with Gasteiger partial charge in [0.1, 0.15) is 0 Å². The summed E-state index contributed by atoms with van der Waals surface area (Å²) in [6, 6.07) is 15.6. The van der Waals surface area contributed by atoms with E-state index in [4.69, 9.17) is 11.6 Å². The molecule has 110 valence electrons. The molecular weight excluding hydrogens is 302 g/mol. The molecule has 0 radical (unpaired) electrons. The van der Waals surface area contributed by atoms with E-state index in [0.29, 0.717) is 11.6 Å². The number of thioether (sulfide) groups is 1. The molecule has 0 aliphatic rings. The number of aryl methyl sites for hydroxylation is 1. The van der Waals surface area contributed by atoms with Crippen LogP contribution in [0, 0.1) is 6.92 Å². The predicted molar refractivity (Wildman–Crippen MR) is 89.8 cm³/mol. The number of nitrogens with one attached hydrogen (secondary N) is 1. The maximum atomic E-state index is 12.1. The van der Waals surface area contributed by atoms with E-state index in [1.54, 1.807) is 0 Å². The number of carbonyl (C=O) groups excluding carboxylic acids is 1. The number of amides is 1. The first kappa shape index (κ1) is 15.9. The van der Waals surface area contributed by atoms with Crippen molar-refractivity contribution in [3.05, 3.63) is 64.7 Å². The van der Waals surface area contributed by atoms with Crippen molar-refractivity contribution < 1.29 is 4.79 Å². The summed E-state index contributed by atoms with van der Waals surface area (Å²) in [5.74, 6) is 0.0400. The van der Waals surface area contributed by atoms with Crippen molar-refractivity contribution in [2.75, 3.05) is 0 Å². The molecule has 2 aromatic rings. The van der Waals surface area contributed by atoms with E-state index in [0.717, 1.165) is 10.5 Å². The molecule has 0 unspecified atom stereocenters. The monoisotopic (exact) mass is 319 g/mol. The van der Waals surface area contributed by atoms with Crippen LogP contribution in [0.25, 0.3) is 0 Å². The van der Waals surface area contributed by atoms with Gasteiger partial charge in [0.2, 0.25) is 5.91 Å². The Morgan fingerprint density at radius 3 is 2.52 bits per heavy atom. The van der Waals surface area contributed by atoms with Crippen LogP contribution in [-0.4, -0.2) is 11.2 Å². The number of hydrogen-bond acceptors (Lipinski definition) is 2. The molecule has 1 N–H and O–H groups in total. The van der Waals surface area contributed by atoms with E-state index >= 15 is 0 Å². The smallest absolute Gasteiger partial charge is 0.233 e. The van der Waals surface area contributed by atoms with Crippen molar-refractivity contribution in [2.45, 2.75) is 30.5 Å². The molecule has 21 heavy (non-hydrogen) atoms. The average Bonchev–Trinajstić information content (AvgIpc) is 2.48. The lowest BCUT2D eigenvalue weighted by Crippen LogP contribution is -2.30. The average molecular weight is 320 g/mol. The molecule has 2 aromatic carbocycles. The highest BCUT2D eigenvalue weighted by Gasteiger charge is 2.14. The SMILES string of the molecule is Cc1ccccc1CNC(=O)[C@@H](C)Sc1ccc(Cl)cc1. The predicted octanol–water partition coefficient (Wildman–Crippen LogP) is 4.45. The van der Waals surface area contributed by atoms with Crippen LogP contribution in [0.2, 0.25) is 5.02 Å². The minimum atomic E-state index is -0.143. The van der Waals surface area contributed by atoms with E-state index in [-0.39, 0.29) is 11.2 Å². The van der Waals surface area contributed by atoms with Crippen LogP contribution in [0.4, 0.5) is 0 Å². The summed E-state index contributed by atoms with van der Waals surface area (Å²) < 4.78 is 0. The lowest BCUT2D eigenvalue weighted by Gasteiger charge is -2.13. The Bertz CT molecular complexity index is 612. The third-order valence-corrected chi connectivity index (χ3v) is 4.57. The minimum Gasteiger partial charge on any atom is -0.351 e. The van der Waals surface area contributed by atoms with Gasteiger partial charge in [-0.25, -0.2) is 0 Å². The van der Waals surface area contributed by atoms with E-state index in [1.807, 2.05) is 62.4 Å². The van der Waals surface area contributed by atoms with Crippen LogP contribution in [0.3, 0.4) is 0 Å². The summed E-state index contributed by atoms with van der Waals surface area (Å²) in [4.78, 5) is 13.2. The lowest BCUT2D eigenvalue weighted by atomic mass is 10.1. The van der Waals surface area contributed by atoms with Crippen LogP contribution < -0.4 is 5.32 Å². The number of carbonyl (C=O) groups is 1. The van der Waals surface area contributed by atoms with E-state index in [1.165, 1.54) is 17.3 Å². The zero-order valence-electron chi connectivity index (χ0n) is 12.1. The fourth-order valence-electron chi connectivity index (χ4n) is 1.91. The second-order valence-corrected chi connectivity index (χ2v) is 6.71. The third-order valence-electron chi connectivity index (χ3n) is 3.21. The Kier molecular flexibility index (Phi) is 5.71.